The van der Waals surface area contributed by atoms with Crippen molar-refractivity contribution in [2.75, 3.05) is 13.2 Å². The molecule has 1 aromatic rings. The van der Waals surface area contributed by atoms with Crippen molar-refractivity contribution in [1.82, 2.24) is 0 Å². The van der Waals surface area contributed by atoms with Crippen LogP contribution in [0, 0.1) is 0 Å². The van der Waals surface area contributed by atoms with Crippen LogP contribution in [0.2, 0.25) is 0 Å². The molecule has 2 unspecified atom stereocenters. The lowest BCUT2D eigenvalue weighted by Gasteiger charge is -2.47. The van der Waals surface area contributed by atoms with Crippen LogP contribution in [0.5, 0.6) is 5.75 Å². The fraction of sp³-hybridized carbons (Fsp3) is 0.471. The van der Waals surface area contributed by atoms with Crippen LogP contribution < -0.4 is 10.5 Å². The van der Waals surface area contributed by atoms with Crippen molar-refractivity contribution in [2.24, 2.45) is 15.7 Å². The Bertz CT molecular complexity index is 713. The minimum Gasteiger partial charge on any atom is -0.484 e. The minimum absolute atomic E-state index is 0.00935. The number of nitrogens with zero attached hydrogens (tertiary/aromatic N) is 2. The van der Waals surface area contributed by atoms with Crippen molar-refractivity contribution in [1.29, 1.82) is 0 Å². The molecule has 24 heavy (non-hydrogen) atoms. The maximum Gasteiger partial charge on any atom is 0.216 e. The Morgan fingerprint density at radius 2 is 2.25 bits per heavy atom. The topological polar surface area (TPSA) is 86.3 Å². The molecule has 1 saturated heterocycles. The van der Waals surface area contributed by atoms with Gasteiger partial charge in [-0.1, -0.05) is 15.9 Å². The number of halogens is 1. The van der Waals surface area contributed by atoms with Gasteiger partial charge in [0.05, 0.1) is 6.61 Å². The molecular formula is C17H20BrN3O3. The largest absolute Gasteiger partial charge is 0.484 e. The predicted octanol–water partition coefficient (Wildman–Crippen LogP) is 2.58. The minimum atomic E-state index is -1.15. The zero-order valence-electron chi connectivity index (χ0n) is 13.5. The fourth-order valence-corrected chi connectivity index (χ4v) is 3.88. The lowest BCUT2D eigenvalue weighted by Crippen LogP contribution is -2.54. The molecular weight excluding hydrogens is 374 g/mol. The second kappa shape index (κ2) is 6.29. The van der Waals surface area contributed by atoms with E-state index in [4.69, 9.17) is 15.2 Å². The van der Waals surface area contributed by atoms with E-state index >= 15 is 0 Å². The van der Waals surface area contributed by atoms with Crippen LogP contribution in [0.15, 0.2) is 32.7 Å². The Labute approximate surface area is 149 Å². The van der Waals surface area contributed by atoms with Crippen molar-refractivity contribution in [2.45, 2.75) is 37.3 Å². The third kappa shape index (κ3) is 2.86. The van der Waals surface area contributed by atoms with Crippen LogP contribution in [0.1, 0.15) is 31.7 Å². The molecule has 128 valence electrons. The van der Waals surface area contributed by atoms with Gasteiger partial charge in [-0.25, -0.2) is 9.98 Å². The molecule has 3 rings (SSSR count). The Hall–Kier alpha value is -1.73. The van der Waals surface area contributed by atoms with E-state index in [9.17, 15) is 4.79 Å². The van der Waals surface area contributed by atoms with Crippen LogP contribution in [-0.4, -0.2) is 37.3 Å². The van der Waals surface area contributed by atoms with Crippen LogP contribution >= 0.6 is 15.9 Å². The second-order valence-corrected chi connectivity index (χ2v) is 7.22. The number of carbonyl (C=O) groups excluding carboxylic acids is 1. The van der Waals surface area contributed by atoms with Gasteiger partial charge < -0.3 is 15.2 Å². The molecule has 2 aliphatic rings. The predicted molar refractivity (Wildman–Crippen MR) is 95.7 cm³/mol. The van der Waals surface area contributed by atoms with E-state index in [1.165, 1.54) is 6.92 Å². The van der Waals surface area contributed by atoms with Crippen LogP contribution in [0.25, 0.3) is 0 Å². The number of hydrogen-bond acceptors (Lipinski definition) is 4. The molecule has 2 atom stereocenters. The number of ether oxygens (including phenoxy) is 2. The standard InChI is InChI=1S/C17H20BrN3O3/c1-11(22)17(21-15(19)20-2)9-16(6-3-7-23-10-16)24-14-5-4-12(18)8-13(14)17/h4-5,8H,2-3,6-7,9-10H2,1H3,(H2,19,21). The van der Waals surface area contributed by atoms with Crippen molar-refractivity contribution >= 4 is 34.4 Å². The summed E-state index contributed by atoms with van der Waals surface area (Å²) in [5.41, 5.74) is 4.77. The van der Waals surface area contributed by atoms with E-state index < -0.39 is 11.1 Å². The summed E-state index contributed by atoms with van der Waals surface area (Å²) < 4.78 is 12.8. The van der Waals surface area contributed by atoms with Crippen LogP contribution in [0.3, 0.4) is 0 Å². The number of carbonyl (C=O) groups is 1. The molecule has 0 bridgehead atoms. The van der Waals surface area contributed by atoms with Gasteiger partial charge in [-0.3, -0.25) is 4.79 Å². The maximum absolute atomic E-state index is 12.7. The monoisotopic (exact) mass is 393 g/mol. The summed E-state index contributed by atoms with van der Waals surface area (Å²) >= 11 is 3.45. The molecule has 6 nitrogen and oxygen atoms in total. The van der Waals surface area contributed by atoms with Gasteiger partial charge in [-0.15, -0.1) is 0 Å². The van der Waals surface area contributed by atoms with Gasteiger partial charge >= 0.3 is 0 Å². The quantitative estimate of drug-likeness (QED) is 0.617. The van der Waals surface area contributed by atoms with E-state index in [2.05, 4.69) is 32.6 Å². The fourth-order valence-electron chi connectivity index (χ4n) is 3.52. The molecule has 0 amide bonds. The highest BCUT2D eigenvalue weighted by Crippen LogP contribution is 2.49. The zero-order valence-corrected chi connectivity index (χ0v) is 15.1. The number of aliphatic imine (C=N–C) groups is 2. The number of Topliss-reactive ketones (excluding diaryl/α,β-unsaturated/α-hetero) is 1. The summed E-state index contributed by atoms with van der Waals surface area (Å²) in [5, 5.41) is 0. The number of nitrogens with two attached hydrogens (primary N) is 1. The summed E-state index contributed by atoms with van der Waals surface area (Å²) in [7, 11) is 0. The first-order valence-corrected chi connectivity index (χ1v) is 8.60. The number of fused-ring (bicyclic) bond motifs is 1. The third-order valence-electron chi connectivity index (χ3n) is 4.63. The molecule has 7 heteroatoms. The van der Waals surface area contributed by atoms with E-state index in [1.807, 2.05) is 18.2 Å². The Kier molecular flexibility index (Phi) is 4.48. The lowest BCUT2D eigenvalue weighted by atomic mass is 9.72. The van der Waals surface area contributed by atoms with E-state index in [0.717, 1.165) is 17.3 Å². The van der Waals surface area contributed by atoms with E-state index in [0.29, 0.717) is 30.9 Å². The molecule has 1 spiro atoms. The van der Waals surface area contributed by atoms with Crippen molar-refractivity contribution in [3.63, 3.8) is 0 Å². The average molecular weight is 394 g/mol. The molecule has 1 fully saturated rings. The SMILES string of the molecule is C=NC(N)=NC1(C(C)=O)CC2(CCCOC2)Oc2ccc(Br)cc21. The van der Waals surface area contributed by atoms with Gasteiger partial charge in [-0.05, 0) is 44.7 Å². The molecule has 0 aromatic heterocycles. The summed E-state index contributed by atoms with van der Waals surface area (Å²) in [6.07, 6.45) is 2.04. The Morgan fingerprint density at radius 3 is 2.88 bits per heavy atom. The molecule has 1 aromatic carbocycles. The van der Waals surface area contributed by atoms with Gasteiger partial charge in [0.2, 0.25) is 5.96 Å². The van der Waals surface area contributed by atoms with Crippen LogP contribution in [-0.2, 0) is 15.1 Å². The maximum atomic E-state index is 12.7. The molecule has 0 radical (unpaired) electrons. The van der Waals surface area contributed by atoms with Gasteiger partial charge in [0, 0.05) is 23.1 Å². The third-order valence-corrected chi connectivity index (χ3v) is 5.12. The first kappa shape index (κ1) is 17.1. The Balaban J connectivity index is 2.22. The van der Waals surface area contributed by atoms with Gasteiger partial charge in [-0.2, -0.15) is 0 Å². The summed E-state index contributed by atoms with van der Waals surface area (Å²) in [5.74, 6) is 0.511. The highest BCUT2D eigenvalue weighted by Gasteiger charge is 2.53. The smallest absolute Gasteiger partial charge is 0.216 e. The van der Waals surface area contributed by atoms with E-state index in [-0.39, 0.29) is 11.7 Å². The number of ketones is 1. The number of guanidine groups is 1. The average Bonchev–Trinajstić information content (AvgIpc) is 2.56. The van der Waals surface area contributed by atoms with Crippen molar-refractivity contribution in [3.05, 3.63) is 28.2 Å². The van der Waals surface area contributed by atoms with Gasteiger partial charge in [0.15, 0.2) is 11.3 Å². The first-order valence-electron chi connectivity index (χ1n) is 7.81. The van der Waals surface area contributed by atoms with Crippen molar-refractivity contribution in [3.8, 4) is 5.75 Å². The molecule has 2 heterocycles. The molecule has 2 N–H and O–H groups in total. The van der Waals surface area contributed by atoms with Gasteiger partial charge in [0.1, 0.15) is 11.4 Å². The summed E-state index contributed by atoms with van der Waals surface area (Å²) in [6.45, 7) is 6.06. The zero-order chi connectivity index (χ0) is 17.4. The first-order chi connectivity index (χ1) is 11.4. The summed E-state index contributed by atoms with van der Waals surface area (Å²) in [6, 6.07) is 5.58. The molecule has 2 aliphatic heterocycles. The number of benzene rings is 1. The molecule has 0 aliphatic carbocycles. The lowest BCUT2D eigenvalue weighted by molar-refractivity contribution is -0.132. The van der Waals surface area contributed by atoms with E-state index in [1.54, 1.807) is 0 Å². The number of hydrogen-bond donors (Lipinski definition) is 1. The summed E-state index contributed by atoms with van der Waals surface area (Å²) in [4.78, 5) is 20.9. The number of rotatable bonds is 2. The van der Waals surface area contributed by atoms with Crippen molar-refractivity contribution < 1.29 is 14.3 Å². The Morgan fingerprint density at radius 1 is 1.46 bits per heavy atom. The highest BCUT2D eigenvalue weighted by molar-refractivity contribution is 9.10. The van der Waals surface area contributed by atoms with Crippen LogP contribution in [0.4, 0.5) is 0 Å². The normalized spacial score (nSPS) is 29.7. The second-order valence-electron chi connectivity index (χ2n) is 6.30. The molecule has 0 saturated carbocycles. The van der Waals surface area contributed by atoms with Gasteiger partial charge in [0.25, 0.3) is 0 Å². The highest BCUT2D eigenvalue weighted by atomic mass is 79.9.